The molecule has 0 saturated carbocycles. The van der Waals surface area contributed by atoms with Crippen LogP contribution in [-0.4, -0.2) is 24.5 Å². The van der Waals surface area contributed by atoms with Crippen molar-refractivity contribution in [3.8, 4) is 0 Å². The molecule has 1 aliphatic rings. The summed E-state index contributed by atoms with van der Waals surface area (Å²) in [5.74, 6) is -0.575. The summed E-state index contributed by atoms with van der Waals surface area (Å²) >= 11 is 1.56. The van der Waals surface area contributed by atoms with Gasteiger partial charge in [0.1, 0.15) is 6.10 Å². The number of carbonyl (C=O) groups excluding carboxylic acids is 2. The lowest BCUT2D eigenvalue weighted by atomic mass is 10.2. The monoisotopic (exact) mass is 268 g/mol. The number of hydrogen-bond donors (Lipinski definition) is 2. The van der Waals surface area contributed by atoms with Gasteiger partial charge in [0.15, 0.2) is 0 Å². The van der Waals surface area contributed by atoms with Gasteiger partial charge in [-0.25, -0.2) is 0 Å². The fourth-order valence-electron chi connectivity index (χ4n) is 1.91. The molecule has 98 valence electrons. The van der Waals surface area contributed by atoms with E-state index in [0.717, 1.165) is 16.2 Å². The number of rotatable bonds is 2. The van der Waals surface area contributed by atoms with Gasteiger partial charge in [0.25, 0.3) is 11.8 Å². The second-order valence-corrected chi connectivity index (χ2v) is 5.73. The fourth-order valence-corrected chi connectivity index (χ4v) is 2.83. The molecule has 5 nitrogen and oxygen atoms in total. The molecule has 1 aliphatic heterocycles. The molecule has 1 unspecified atom stereocenters. The molecule has 2 amide bonds. The summed E-state index contributed by atoms with van der Waals surface area (Å²) in [6.45, 7) is 4.43. The van der Waals surface area contributed by atoms with E-state index >= 15 is 0 Å². The predicted octanol–water partition coefficient (Wildman–Crippen LogP) is 1.30. The van der Waals surface area contributed by atoms with Crippen LogP contribution in [0.25, 0.3) is 0 Å². The maximum atomic E-state index is 11.8. The lowest BCUT2D eigenvalue weighted by Gasteiger charge is -2.11. The SMILES string of the molecule is Cc1cc(C(=O)NNC(=O)C2CCCO2)c(C)s1. The van der Waals surface area contributed by atoms with Crippen molar-refractivity contribution < 1.29 is 14.3 Å². The second-order valence-electron chi connectivity index (χ2n) is 4.27. The number of ether oxygens (including phenoxy) is 1. The quantitative estimate of drug-likeness (QED) is 0.795. The van der Waals surface area contributed by atoms with E-state index < -0.39 is 6.10 Å². The molecular weight excluding hydrogens is 252 g/mol. The molecule has 1 aromatic rings. The second kappa shape index (κ2) is 5.49. The van der Waals surface area contributed by atoms with Crippen molar-refractivity contribution in [3.05, 3.63) is 21.4 Å². The highest BCUT2D eigenvalue weighted by Crippen LogP contribution is 2.20. The molecule has 18 heavy (non-hydrogen) atoms. The van der Waals surface area contributed by atoms with Crippen molar-refractivity contribution in [3.63, 3.8) is 0 Å². The van der Waals surface area contributed by atoms with Crippen molar-refractivity contribution in [2.45, 2.75) is 32.8 Å². The first-order chi connectivity index (χ1) is 8.58. The molecule has 2 heterocycles. The number of hydrazine groups is 1. The minimum absolute atomic E-state index is 0.287. The summed E-state index contributed by atoms with van der Waals surface area (Å²) in [5.41, 5.74) is 5.42. The van der Waals surface area contributed by atoms with Crippen molar-refractivity contribution in [1.29, 1.82) is 0 Å². The van der Waals surface area contributed by atoms with Crippen LogP contribution in [0.4, 0.5) is 0 Å². The molecule has 2 N–H and O–H groups in total. The van der Waals surface area contributed by atoms with E-state index in [4.69, 9.17) is 4.74 Å². The van der Waals surface area contributed by atoms with Gasteiger partial charge < -0.3 is 4.74 Å². The lowest BCUT2D eigenvalue weighted by molar-refractivity contribution is -0.130. The molecule has 0 spiro atoms. The standard InChI is InChI=1S/C12H16N2O3S/c1-7-6-9(8(2)18-7)11(15)13-14-12(16)10-4-3-5-17-10/h6,10H,3-5H2,1-2H3,(H,13,15)(H,14,16). The largest absolute Gasteiger partial charge is 0.368 e. The Morgan fingerprint density at radius 1 is 1.39 bits per heavy atom. The topological polar surface area (TPSA) is 67.4 Å². The van der Waals surface area contributed by atoms with Gasteiger partial charge in [-0.2, -0.15) is 0 Å². The van der Waals surface area contributed by atoms with Crippen LogP contribution >= 0.6 is 11.3 Å². The third-order valence-electron chi connectivity index (χ3n) is 2.81. The summed E-state index contributed by atoms with van der Waals surface area (Å²) < 4.78 is 5.22. The summed E-state index contributed by atoms with van der Waals surface area (Å²) in [4.78, 5) is 25.5. The van der Waals surface area contributed by atoms with Crippen LogP contribution in [0.5, 0.6) is 0 Å². The number of thiophene rings is 1. The molecule has 2 rings (SSSR count). The van der Waals surface area contributed by atoms with Crippen LogP contribution in [-0.2, 0) is 9.53 Å². The van der Waals surface area contributed by atoms with Crippen LogP contribution in [0.1, 0.15) is 33.0 Å². The molecule has 1 saturated heterocycles. The Morgan fingerprint density at radius 2 is 2.17 bits per heavy atom. The highest BCUT2D eigenvalue weighted by molar-refractivity contribution is 7.12. The molecule has 1 aromatic heterocycles. The van der Waals surface area contributed by atoms with E-state index in [1.165, 1.54) is 0 Å². The van der Waals surface area contributed by atoms with Crippen molar-refractivity contribution in [2.75, 3.05) is 6.61 Å². The van der Waals surface area contributed by atoms with Crippen molar-refractivity contribution in [2.24, 2.45) is 0 Å². The minimum Gasteiger partial charge on any atom is -0.368 e. The van der Waals surface area contributed by atoms with Crippen LogP contribution in [0.2, 0.25) is 0 Å². The first-order valence-corrected chi connectivity index (χ1v) is 6.68. The van der Waals surface area contributed by atoms with Gasteiger partial charge in [-0.15, -0.1) is 11.3 Å². The number of hydrogen-bond acceptors (Lipinski definition) is 4. The van der Waals surface area contributed by atoms with Crippen molar-refractivity contribution >= 4 is 23.2 Å². The normalized spacial score (nSPS) is 18.7. The third kappa shape index (κ3) is 2.88. The Balaban J connectivity index is 1.88. The van der Waals surface area contributed by atoms with Gasteiger partial charge in [0.2, 0.25) is 0 Å². The summed E-state index contributed by atoms with van der Waals surface area (Å²) in [6.07, 6.45) is 1.16. The van der Waals surface area contributed by atoms with Gasteiger partial charge in [-0.3, -0.25) is 20.4 Å². The minimum atomic E-state index is -0.435. The molecule has 0 radical (unpaired) electrons. The summed E-state index contributed by atoms with van der Waals surface area (Å²) in [6, 6.07) is 1.81. The highest BCUT2D eigenvalue weighted by atomic mass is 32.1. The lowest BCUT2D eigenvalue weighted by Crippen LogP contribution is -2.46. The molecule has 0 aliphatic carbocycles. The molecule has 0 bridgehead atoms. The van der Waals surface area contributed by atoms with Gasteiger partial charge in [-0.1, -0.05) is 0 Å². The van der Waals surface area contributed by atoms with Crippen LogP contribution in [0.15, 0.2) is 6.07 Å². The Kier molecular flexibility index (Phi) is 3.98. The number of amides is 2. The zero-order valence-electron chi connectivity index (χ0n) is 10.4. The van der Waals surface area contributed by atoms with Crippen LogP contribution in [0, 0.1) is 13.8 Å². The first-order valence-electron chi connectivity index (χ1n) is 5.87. The number of nitrogens with one attached hydrogen (secondary N) is 2. The van der Waals surface area contributed by atoms with Crippen molar-refractivity contribution in [1.82, 2.24) is 10.9 Å². The van der Waals surface area contributed by atoms with E-state index in [1.807, 2.05) is 19.9 Å². The van der Waals surface area contributed by atoms with Gasteiger partial charge in [0, 0.05) is 16.4 Å². The van der Waals surface area contributed by atoms with Gasteiger partial charge >= 0.3 is 0 Å². The maximum absolute atomic E-state index is 11.8. The average Bonchev–Trinajstić information content (AvgIpc) is 2.95. The fraction of sp³-hybridized carbons (Fsp3) is 0.500. The summed E-state index contributed by atoms with van der Waals surface area (Å²) in [7, 11) is 0. The molecule has 1 atom stereocenters. The van der Waals surface area contributed by atoms with E-state index in [0.29, 0.717) is 18.6 Å². The molecule has 6 heteroatoms. The van der Waals surface area contributed by atoms with E-state index in [1.54, 1.807) is 11.3 Å². The Morgan fingerprint density at radius 3 is 2.72 bits per heavy atom. The average molecular weight is 268 g/mol. The Hall–Kier alpha value is -1.40. The molecule has 1 fully saturated rings. The van der Waals surface area contributed by atoms with Crippen LogP contribution in [0.3, 0.4) is 0 Å². The molecule has 0 aromatic carbocycles. The number of carbonyl (C=O) groups is 2. The zero-order valence-corrected chi connectivity index (χ0v) is 11.2. The smallest absolute Gasteiger partial charge is 0.270 e. The highest BCUT2D eigenvalue weighted by Gasteiger charge is 2.24. The van der Waals surface area contributed by atoms with Crippen LogP contribution < -0.4 is 10.9 Å². The first kappa shape index (κ1) is 13.0. The van der Waals surface area contributed by atoms with E-state index in [-0.39, 0.29) is 11.8 Å². The predicted molar refractivity (Wildman–Crippen MR) is 68.4 cm³/mol. The number of aryl methyl sites for hydroxylation is 2. The summed E-state index contributed by atoms with van der Waals surface area (Å²) in [5, 5.41) is 0. The van der Waals surface area contributed by atoms with Gasteiger partial charge in [0.05, 0.1) is 5.56 Å². The Labute approximate surface area is 109 Å². The zero-order chi connectivity index (χ0) is 13.1. The molecular formula is C12H16N2O3S. The van der Waals surface area contributed by atoms with E-state index in [2.05, 4.69) is 10.9 Å². The third-order valence-corrected chi connectivity index (χ3v) is 3.77. The maximum Gasteiger partial charge on any atom is 0.270 e. The van der Waals surface area contributed by atoms with E-state index in [9.17, 15) is 9.59 Å². The Bertz CT molecular complexity index is 464. The van der Waals surface area contributed by atoms with Gasteiger partial charge in [-0.05, 0) is 32.8 Å².